The van der Waals surface area contributed by atoms with Crippen molar-refractivity contribution in [1.82, 2.24) is 15.5 Å². The van der Waals surface area contributed by atoms with Crippen LogP contribution in [0.15, 0.2) is 46.3 Å². The van der Waals surface area contributed by atoms with E-state index in [1.54, 1.807) is 11.3 Å². The molecule has 0 radical (unpaired) electrons. The number of benzene rings is 1. The summed E-state index contributed by atoms with van der Waals surface area (Å²) in [5, 5.41) is 18.0. The number of hydrogen-bond acceptors (Lipinski definition) is 7. The molecular formula is C22H23N5O2S. The molecule has 4 rings (SSSR count). The number of carbonyl (C=O) groups excluding carboxylic acids is 1. The zero-order chi connectivity index (χ0) is 20.8. The topological polar surface area (TPSA) is 95.1 Å². The van der Waals surface area contributed by atoms with Gasteiger partial charge in [-0.15, -0.1) is 11.3 Å². The summed E-state index contributed by atoms with van der Waals surface area (Å²) in [6, 6.07) is 13.9. The molecule has 1 N–H and O–H groups in total. The van der Waals surface area contributed by atoms with Gasteiger partial charge in [0, 0.05) is 37.7 Å². The van der Waals surface area contributed by atoms with Gasteiger partial charge in [0.15, 0.2) is 0 Å². The Balaban J connectivity index is 1.17. The molecule has 0 bridgehead atoms. The number of rotatable bonds is 7. The molecule has 7 nitrogen and oxygen atoms in total. The lowest BCUT2D eigenvalue weighted by Crippen LogP contribution is -2.44. The van der Waals surface area contributed by atoms with Gasteiger partial charge in [-0.2, -0.15) is 10.2 Å². The molecule has 0 atom stereocenters. The van der Waals surface area contributed by atoms with E-state index in [1.807, 2.05) is 41.8 Å². The Hall–Kier alpha value is -3.18. The SMILES string of the molecule is N#Cc1ccc(N2CCC(NC(=O)CCCc3nc(-c4cccs4)no3)CC2)cc1. The van der Waals surface area contributed by atoms with Crippen LogP contribution in [-0.2, 0) is 11.2 Å². The minimum Gasteiger partial charge on any atom is -0.371 e. The Bertz CT molecular complexity index is 999. The molecule has 2 aromatic heterocycles. The Morgan fingerprint density at radius 1 is 1.27 bits per heavy atom. The van der Waals surface area contributed by atoms with Crippen molar-refractivity contribution >= 4 is 22.9 Å². The van der Waals surface area contributed by atoms with Crippen molar-refractivity contribution in [3.8, 4) is 16.8 Å². The van der Waals surface area contributed by atoms with Crippen LogP contribution >= 0.6 is 11.3 Å². The molecule has 0 saturated carbocycles. The highest BCUT2D eigenvalue weighted by Crippen LogP contribution is 2.22. The first-order chi connectivity index (χ1) is 14.7. The summed E-state index contributed by atoms with van der Waals surface area (Å²) in [5.74, 6) is 1.25. The van der Waals surface area contributed by atoms with Crippen LogP contribution in [0.3, 0.4) is 0 Å². The third-order valence-corrected chi connectivity index (χ3v) is 6.09. The zero-order valence-electron chi connectivity index (χ0n) is 16.6. The van der Waals surface area contributed by atoms with Gasteiger partial charge in [-0.3, -0.25) is 4.79 Å². The molecule has 30 heavy (non-hydrogen) atoms. The summed E-state index contributed by atoms with van der Waals surface area (Å²) in [4.78, 5) is 20.0. The highest BCUT2D eigenvalue weighted by molar-refractivity contribution is 7.13. The second-order valence-electron chi connectivity index (χ2n) is 7.33. The van der Waals surface area contributed by atoms with E-state index in [1.165, 1.54) is 0 Å². The first-order valence-electron chi connectivity index (χ1n) is 10.1. The van der Waals surface area contributed by atoms with Gasteiger partial charge in [0.05, 0.1) is 16.5 Å². The number of aryl methyl sites for hydroxylation is 1. The molecular weight excluding hydrogens is 398 g/mol. The fraction of sp³-hybridized carbons (Fsp3) is 0.364. The summed E-state index contributed by atoms with van der Waals surface area (Å²) < 4.78 is 5.28. The molecule has 8 heteroatoms. The van der Waals surface area contributed by atoms with Crippen molar-refractivity contribution < 1.29 is 9.32 Å². The lowest BCUT2D eigenvalue weighted by Gasteiger charge is -2.34. The van der Waals surface area contributed by atoms with Crippen LogP contribution in [0.25, 0.3) is 10.7 Å². The highest BCUT2D eigenvalue weighted by atomic mass is 32.1. The molecule has 1 amide bonds. The van der Waals surface area contributed by atoms with E-state index in [2.05, 4.69) is 26.4 Å². The Morgan fingerprint density at radius 3 is 2.77 bits per heavy atom. The second-order valence-corrected chi connectivity index (χ2v) is 8.28. The Labute approximate surface area is 179 Å². The van der Waals surface area contributed by atoms with Crippen molar-refractivity contribution in [2.45, 2.75) is 38.1 Å². The maximum atomic E-state index is 12.3. The number of nitrogens with zero attached hydrogens (tertiary/aromatic N) is 4. The third-order valence-electron chi connectivity index (χ3n) is 5.23. The van der Waals surface area contributed by atoms with Crippen molar-refractivity contribution in [2.24, 2.45) is 0 Å². The lowest BCUT2D eigenvalue weighted by atomic mass is 10.0. The largest absolute Gasteiger partial charge is 0.371 e. The average Bonchev–Trinajstić information content (AvgIpc) is 3.46. The molecule has 1 aromatic carbocycles. The number of carbonyl (C=O) groups is 1. The second kappa shape index (κ2) is 9.55. The monoisotopic (exact) mass is 421 g/mol. The van der Waals surface area contributed by atoms with Crippen LogP contribution in [0.2, 0.25) is 0 Å². The first-order valence-corrected chi connectivity index (χ1v) is 11.0. The summed E-state index contributed by atoms with van der Waals surface area (Å²) in [7, 11) is 0. The summed E-state index contributed by atoms with van der Waals surface area (Å²) in [6.45, 7) is 1.79. The molecule has 1 aliphatic heterocycles. The van der Waals surface area contributed by atoms with Gasteiger partial charge in [0.1, 0.15) is 0 Å². The number of anilines is 1. The quantitative estimate of drug-likeness (QED) is 0.624. The van der Waals surface area contributed by atoms with Gasteiger partial charge in [-0.05, 0) is 55.0 Å². The van der Waals surface area contributed by atoms with Gasteiger partial charge in [0.25, 0.3) is 0 Å². The maximum absolute atomic E-state index is 12.3. The van der Waals surface area contributed by atoms with Crippen LogP contribution in [0.4, 0.5) is 5.69 Å². The van der Waals surface area contributed by atoms with Gasteiger partial charge in [-0.25, -0.2) is 0 Å². The molecule has 1 saturated heterocycles. The normalized spacial score (nSPS) is 14.4. The Kier molecular flexibility index (Phi) is 6.40. The Morgan fingerprint density at radius 2 is 2.07 bits per heavy atom. The predicted octanol–water partition coefficient (Wildman–Crippen LogP) is 3.78. The van der Waals surface area contributed by atoms with Crippen LogP contribution in [0, 0.1) is 11.3 Å². The zero-order valence-corrected chi connectivity index (χ0v) is 17.4. The van der Waals surface area contributed by atoms with Crippen LogP contribution < -0.4 is 10.2 Å². The van der Waals surface area contributed by atoms with Crippen molar-refractivity contribution in [3.05, 3.63) is 53.2 Å². The van der Waals surface area contributed by atoms with E-state index in [-0.39, 0.29) is 11.9 Å². The van der Waals surface area contributed by atoms with E-state index in [0.29, 0.717) is 36.5 Å². The van der Waals surface area contributed by atoms with Crippen LogP contribution in [0.5, 0.6) is 0 Å². The number of amides is 1. The van der Waals surface area contributed by atoms with Gasteiger partial charge < -0.3 is 14.7 Å². The van der Waals surface area contributed by atoms with E-state index in [4.69, 9.17) is 9.78 Å². The predicted molar refractivity (Wildman–Crippen MR) is 115 cm³/mol. The standard InChI is InChI=1S/C22H23N5O2S/c23-15-16-6-8-18(9-7-16)27-12-10-17(11-13-27)24-20(28)4-1-5-21-25-22(26-29-21)19-3-2-14-30-19/h2-3,6-9,14,17H,1,4-5,10-13H2,(H,24,28). The van der Waals surface area contributed by atoms with Gasteiger partial charge in [0.2, 0.25) is 17.6 Å². The minimum atomic E-state index is 0.0739. The van der Waals surface area contributed by atoms with E-state index in [0.717, 1.165) is 36.5 Å². The van der Waals surface area contributed by atoms with E-state index in [9.17, 15) is 4.79 Å². The van der Waals surface area contributed by atoms with Crippen molar-refractivity contribution in [3.63, 3.8) is 0 Å². The van der Waals surface area contributed by atoms with E-state index >= 15 is 0 Å². The number of nitrogens with one attached hydrogen (secondary N) is 1. The molecule has 0 aliphatic carbocycles. The maximum Gasteiger partial charge on any atom is 0.226 e. The lowest BCUT2D eigenvalue weighted by molar-refractivity contribution is -0.122. The number of thiophene rings is 1. The van der Waals surface area contributed by atoms with E-state index < -0.39 is 0 Å². The average molecular weight is 422 g/mol. The molecule has 0 spiro atoms. The fourth-order valence-electron chi connectivity index (χ4n) is 3.59. The third kappa shape index (κ3) is 5.05. The number of aromatic nitrogens is 2. The fourth-order valence-corrected chi connectivity index (χ4v) is 4.24. The molecule has 0 unspecified atom stereocenters. The molecule has 1 aliphatic rings. The van der Waals surface area contributed by atoms with Crippen LogP contribution in [-0.4, -0.2) is 35.2 Å². The number of piperidine rings is 1. The van der Waals surface area contributed by atoms with Crippen LogP contribution in [0.1, 0.15) is 37.1 Å². The summed E-state index contributed by atoms with van der Waals surface area (Å²) >= 11 is 1.57. The molecule has 1 fully saturated rings. The van der Waals surface area contributed by atoms with Crippen molar-refractivity contribution in [2.75, 3.05) is 18.0 Å². The van der Waals surface area contributed by atoms with Crippen molar-refractivity contribution in [1.29, 1.82) is 5.26 Å². The minimum absolute atomic E-state index is 0.0739. The summed E-state index contributed by atoms with van der Waals surface area (Å²) in [6.07, 6.45) is 3.57. The van der Waals surface area contributed by atoms with Gasteiger partial charge in [-0.1, -0.05) is 11.2 Å². The molecule has 3 aromatic rings. The summed E-state index contributed by atoms with van der Waals surface area (Å²) in [5.41, 5.74) is 1.80. The highest BCUT2D eigenvalue weighted by Gasteiger charge is 2.21. The number of nitriles is 1. The van der Waals surface area contributed by atoms with Gasteiger partial charge >= 0.3 is 0 Å². The number of hydrogen-bond donors (Lipinski definition) is 1. The first kappa shape index (κ1) is 20.1. The molecule has 3 heterocycles. The molecule has 154 valence electrons. The smallest absolute Gasteiger partial charge is 0.226 e.